The van der Waals surface area contributed by atoms with Gasteiger partial charge in [0.05, 0.1) is 0 Å². The molecule has 2 aliphatic rings. The zero-order chi connectivity index (χ0) is 18.7. The van der Waals surface area contributed by atoms with Crippen LogP contribution < -0.4 is 16.0 Å². The smallest absolute Gasteiger partial charge is 0.251 e. The minimum Gasteiger partial charge on any atom is -0.353 e. The summed E-state index contributed by atoms with van der Waals surface area (Å²) in [5, 5.41) is 8.91. The third-order valence-electron chi connectivity index (χ3n) is 5.63. The minimum absolute atomic E-state index is 0.0784. The number of fused-ring (bicyclic) bond motifs is 1. The molecule has 6 heteroatoms. The molecule has 2 fully saturated rings. The quantitative estimate of drug-likeness (QED) is 0.773. The first kappa shape index (κ1) is 18.4. The fourth-order valence-corrected chi connectivity index (χ4v) is 4.33. The molecule has 0 radical (unpaired) electrons. The number of nitrogens with one attached hydrogen (secondary N) is 3. The highest BCUT2D eigenvalue weighted by molar-refractivity contribution is 5.95. The Morgan fingerprint density at radius 2 is 1.92 bits per heavy atom. The maximum Gasteiger partial charge on any atom is 0.251 e. The van der Waals surface area contributed by atoms with E-state index in [-0.39, 0.29) is 29.8 Å². The van der Waals surface area contributed by atoms with Crippen LogP contribution in [0.1, 0.15) is 56.3 Å². The van der Waals surface area contributed by atoms with E-state index < -0.39 is 0 Å². The number of piperidine rings is 1. The van der Waals surface area contributed by atoms with E-state index in [4.69, 9.17) is 0 Å². The second kappa shape index (κ2) is 7.89. The number of carbonyl (C=O) groups excluding carboxylic acids is 3. The Morgan fingerprint density at radius 1 is 1.19 bits per heavy atom. The average Bonchev–Trinajstić information content (AvgIpc) is 2.60. The Bertz CT molecular complexity index is 686. The van der Waals surface area contributed by atoms with Crippen molar-refractivity contribution in [2.45, 2.75) is 58.0 Å². The molecule has 1 saturated heterocycles. The van der Waals surface area contributed by atoms with Crippen molar-refractivity contribution in [2.75, 3.05) is 5.32 Å². The van der Waals surface area contributed by atoms with E-state index in [9.17, 15) is 14.4 Å². The van der Waals surface area contributed by atoms with Gasteiger partial charge in [-0.3, -0.25) is 14.4 Å². The standard InChI is InChI=1S/C20H27N3O3/c1-3-13-10-19(25)23-18-11-16(8-9-17(13)18)22-20(26)14-4-6-15(7-5-14)21-12(2)24/h4-7,13,16-18H,3,8-11H2,1-2H3,(H,21,24)(H,22,26)(H,23,25). The summed E-state index contributed by atoms with van der Waals surface area (Å²) in [6.07, 6.45) is 4.45. The van der Waals surface area contributed by atoms with Crippen LogP contribution in [-0.2, 0) is 9.59 Å². The van der Waals surface area contributed by atoms with E-state index in [0.29, 0.717) is 29.5 Å². The van der Waals surface area contributed by atoms with Gasteiger partial charge in [0, 0.05) is 36.7 Å². The first-order valence-corrected chi connectivity index (χ1v) is 9.44. The Balaban J connectivity index is 1.58. The SMILES string of the molecule is CCC1CC(=O)NC2CC(NC(=O)c3ccc(NC(C)=O)cc3)CCC12. The van der Waals surface area contributed by atoms with Crippen molar-refractivity contribution < 1.29 is 14.4 Å². The molecule has 3 rings (SSSR count). The van der Waals surface area contributed by atoms with Gasteiger partial charge >= 0.3 is 0 Å². The van der Waals surface area contributed by atoms with Crippen molar-refractivity contribution in [3.8, 4) is 0 Å². The highest BCUT2D eigenvalue weighted by Gasteiger charge is 2.40. The van der Waals surface area contributed by atoms with Crippen LogP contribution in [0.25, 0.3) is 0 Å². The Hall–Kier alpha value is -2.37. The first-order valence-electron chi connectivity index (χ1n) is 9.44. The second-order valence-electron chi connectivity index (χ2n) is 7.45. The second-order valence-corrected chi connectivity index (χ2v) is 7.45. The Labute approximate surface area is 154 Å². The maximum atomic E-state index is 12.5. The molecule has 0 spiro atoms. The molecule has 4 atom stereocenters. The van der Waals surface area contributed by atoms with Crippen LogP contribution in [0.3, 0.4) is 0 Å². The Kier molecular flexibility index (Phi) is 5.59. The van der Waals surface area contributed by atoms with E-state index in [1.54, 1.807) is 24.3 Å². The van der Waals surface area contributed by atoms with Gasteiger partial charge in [0.25, 0.3) is 5.91 Å². The number of rotatable bonds is 4. The van der Waals surface area contributed by atoms with Crippen LogP contribution in [-0.4, -0.2) is 29.8 Å². The monoisotopic (exact) mass is 357 g/mol. The lowest BCUT2D eigenvalue weighted by atomic mass is 9.70. The van der Waals surface area contributed by atoms with Gasteiger partial charge in [-0.15, -0.1) is 0 Å². The highest BCUT2D eigenvalue weighted by atomic mass is 16.2. The number of carbonyl (C=O) groups is 3. The average molecular weight is 357 g/mol. The van der Waals surface area contributed by atoms with Crippen LogP contribution in [0.5, 0.6) is 0 Å². The van der Waals surface area contributed by atoms with Crippen molar-refractivity contribution in [1.29, 1.82) is 0 Å². The third-order valence-corrected chi connectivity index (χ3v) is 5.63. The molecular weight excluding hydrogens is 330 g/mol. The molecule has 3 amide bonds. The summed E-state index contributed by atoms with van der Waals surface area (Å²) in [5.74, 6) is 0.879. The highest BCUT2D eigenvalue weighted by Crippen LogP contribution is 2.37. The predicted molar refractivity (Wildman–Crippen MR) is 99.7 cm³/mol. The van der Waals surface area contributed by atoms with E-state index in [1.165, 1.54) is 6.92 Å². The molecule has 1 aliphatic carbocycles. The summed E-state index contributed by atoms with van der Waals surface area (Å²) in [4.78, 5) is 35.5. The summed E-state index contributed by atoms with van der Waals surface area (Å²) < 4.78 is 0. The van der Waals surface area contributed by atoms with E-state index >= 15 is 0 Å². The van der Waals surface area contributed by atoms with Crippen LogP contribution in [0.2, 0.25) is 0 Å². The molecule has 0 aromatic heterocycles. The molecule has 26 heavy (non-hydrogen) atoms. The molecule has 1 aromatic rings. The molecule has 3 N–H and O–H groups in total. The molecule has 1 saturated carbocycles. The van der Waals surface area contributed by atoms with Crippen LogP contribution in [0.4, 0.5) is 5.69 Å². The molecule has 1 aliphatic heterocycles. The van der Waals surface area contributed by atoms with Gasteiger partial charge in [0.1, 0.15) is 0 Å². The lowest BCUT2D eigenvalue weighted by Gasteiger charge is -2.44. The molecule has 1 aromatic carbocycles. The van der Waals surface area contributed by atoms with Gasteiger partial charge in [-0.05, 0) is 55.4 Å². The van der Waals surface area contributed by atoms with Gasteiger partial charge in [-0.25, -0.2) is 0 Å². The summed E-state index contributed by atoms with van der Waals surface area (Å²) in [6.45, 7) is 3.60. The van der Waals surface area contributed by atoms with Crippen molar-refractivity contribution in [1.82, 2.24) is 10.6 Å². The zero-order valence-electron chi connectivity index (χ0n) is 15.4. The van der Waals surface area contributed by atoms with E-state index in [1.807, 2.05) is 0 Å². The van der Waals surface area contributed by atoms with Crippen molar-refractivity contribution >= 4 is 23.4 Å². The minimum atomic E-state index is -0.140. The van der Waals surface area contributed by atoms with E-state index in [2.05, 4.69) is 22.9 Å². The summed E-state index contributed by atoms with van der Waals surface area (Å²) in [6, 6.07) is 7.11. The van der Waals surface area contributed by atoms with Crippen molar-refractivity contribution in [3.63, 3.8) is 0 Å². The fourth-order valence-electron chi connectivity index (χ4n) is 4.33. The number of anilines is 1. The topological polar surface area (TPSA) is 87.3 Å². The van der Waals surface area contributed by atoms with E-state index in [0.717, 1.165) is 25.7 Å². The maximum absolute atomic E-state index is 12.5. The van der Waals surface area contributed by atoms with Crippen molar-refractivity contribution in [2.24, 2.45) is 11.8 Å². The van der Waals surface area contributed by atoms with Crippen LogP contribution >= 0.6 is 0 Å². The van der Waals surface area contributed by atoms with Gasteiger partial charge in [-0.1, -0.05) is 13.3 Å². The predicted octanol–water partition coefficient (Wildman–Crippen LogP) is 2.46. The van der Waals surface area contributed by atoms with Gasteiger partial charge in [0.2, 0.25) is 11.8 Å². The molecule has 6 nitrogen and oxygen atoms in total. The zero-order valence-corrected chi connectivity index (χ0v) is 15.4. The number of hydrogen-bond donors (Lipinski definition) is 3. The number of amides is 3. The lowest BCUT2D eigenvalue weighted by molar-refractivity contribution is -0.127. The molecule has 1 heterocycles. The van der Waals surface area contributed by atoms with Gasteiger partial charge < -0.3 is 16.0 Å². The fraction of sp³-hybridized carbons (Fsp3) is 0.550. The van der Waals surface area contributed by atoms with Crippen LogP contribution in [0.15, 0.2) is 24.3 Å². The summed E-state index contributed by atoms with van der Waals surface area (Å²) in [5.41, 5.74) is 1.24. The van der Waals surface area contributed by atoms with Gasteiger partial charge in [-0.2, -0.15) is 0 Å². The largest absolute Gasteiger partial charge is 0.353 e. The number of benzene rings is 1. The molecule has 140 valence electrons. The molecule has 0 bridgehead atoms. The Morgan fingerprint density at radius 3 is 2.58 bits per heavy atom. The van der Waals surface area contributed by atoms with Crippen molar-refractivity contribution in [3.05, 3.63) is 29.8 Å². The summed E-state index contributed by atoms with van der Waals surface area (Å²) >= 11 is 0. The number of hydrogen-bond acceptors (Lipinski definition) is 3. The third kappa shape index (κ3) is 4.23. The van der Waals surface area contributed by atoms with Crippen LogP contribution in [0, 0.1) is 11.8 Å². The van der Waals surface area contributed by atoms with Gasteiger partial charge in [0.15, 0.2) is 0 Å². The normalized spacial score (nSPS) is 27.8. The summed E-state index contributed by atoms with van der Waals surface area (Å²) in [7, 11) is 0. The molecule has 4 unspecified atom stereocenters. The first-order chi connectivity index (χ1) is 12.5. The molecular formula is C20H27N3O3. The lowest BCUT2D eigenvalue weighted by Crippen LogP contribution is -2.55.